The molecule has 6 nitrogen and oxygen atoms in total. The molecule has 1 saturated heterocycles. The van der Waals surface area contributed by atoms with Crippen molar-refractivity contribution in [3.63, 3.8) is 0 Å². The average molecular weight is 314 g/mol. The van der Waals surface area contributed by atoms with Crippen LogP contribution in [0.3, 0.4) is 0 Å². The summed E-state index contributed by atoms with van der Waals surface area (Å²) in [5.41, 5.74) is 1.75. The van der Waals surface area contributed by atoms with Crippen LogP contribution in [0.15, 0.2) is 47.7 Å². The highest BCUT2D eigenvalue weighted by atomic mass is 19.1. The van der Waals surface area contributed by atoms with Crippen molar-refractivity contribution in [3.05, 3.63) is 54.1 Å². The molecule has 7 heteroatoms. The third-order valence-corrected chi connectivity index (χ3v) is 3.93. The molecule has 23 heavy (non-hydrogen) atoms. The molecule has 0 radical (unpaired) electrons. The SMILES string of the molecule is OC1c2cc(F)ccc2N=C(Nc2cccnc2)N1C1COC1. The number of ether oxygens (including phenoxy) is 1. The molecule has 0 aliphatic carbocycles. The summed E-state index contributed by atoms with van der Waals surface area (Å²) in [6.07, 6.45) is 2.37. The second-order valence-corrected chi connectivity index (χ2v) is 5.48. The van der Waals surface area contributed by atoms with Crippen molar-refractivity contribution in [3.8, 4) is 0 Å². The minimum atomic E-state index is -0.980. The summed E-state index contributed by atoms with van der Waals surface area (Å²) in [6, 6.07) is 7.87. The molecule has 0 saturated carbocycles. The van der Waals surface area contributed by atoms with Crippen LogP contribution in [0.5, 0.6) is 0 Å². The number of rotatable bonds is 2. The molecule has 0 amide bonds. The number of aromatic nitrogens is 1. The summed E-state index contributed by atoms with van der Waals surface area (Å²) in [5, 5.41) is 13.9. The van der Waals surface area contributed by atoms with Gasteiger partial charge in [0.05, 0.1) is 36.8 Å². The molecular formula is C16H15FN4O2. The van der Waals surface area contributed by atoms with Crippen molar-refractivity contribution in [2.45, 2.75) is 12.3 Å². The minimum absolute atomic E-state index is 0.00987. The fourth-order valence-corrected chi connectivity index (χ4v) is 2.69. The summed E-state index contributed by atoms with van der Waals surface area (Å²) in [6.45, 7) is 0.991. The maximum Gasteiger partial charge on any atom is 0.206 e. The molecule has 1 atom stereocenters. The van der Waals surface area contributed by atoms with Crippen molar-refractivity contribution >= 4 is 17.3 Å². The Morgan fingerprint density at radius 1 is 1.30 bits per heavy atom. The van der Waals surface area contributed by atoms with E-state index < -0.39 is 12.0 Å². The van der Waals surface area contributed by atoms with Gasteiger partial charge in [-0.3, -0.25) is 4.98 Å². The zero-order valence-electron chi connectivity index (χ0n) is 12.2. The number of aliphatic hydroxyl groups is 1. The van der Waals surface area contributed by atoms with Gasteiger partial charge in [-0.1, -0.05) is 0 Å². The molecule has 1 unspecified atom stereocenters. The zero-order valence-corrected chi connectivity index (χ0v) is 12.2. The number of anilines is 1. The Morgan fingerprint density at radius 2 is 2.17 bits per heavy atom. The number of fused-ring (bicyclic) bond motifs is 1. The van der Waals surface area contributed by atoms with Gasteiger partial charge in [-0.2, -0.15) is 0 Å². The molecule has 2 aliphatic rings. The predicted molar refractivity (Wildman–Crippen MR) is 82.8 cm³/mol. The lowest BCUT2D eigenvalue weighted by Gasteiger charge is -2.43. The normalized spacial score (nSPS) is 20.5. The number of hydrogen-bond acceptors (Lipinski definition) is 6. The van der Waals surface area contributed by atoms with Gasteiger partial charge in [-0.05, 0) is 30.3 Å². The Hall–Kier alpha value is -2.51. The number of aliphatic hydroxyl groups excluding tert-OH is 1. The fourth-order valence-electron chi connectivity index (χ4n) is 2.69. The van der Waals surface area contributed by atoms with Crippen LogP contribution in [-0.4, -0.2) is 40.2 Å². The predicted octanol–water partition coefficient (Wildman–Crippen LogP) is 2.03. The highest BCUT2D eigenvalue weighted by molar-refractivity contribution is 5.97. The van der Waals surface area contributed by atoms with E-state index in [-0.39, 0.29) is 6.04 Å². The van der Waals surface area contributed by atoms with Gasteiger partial charge in [-0.25, -0.2) is 9.38 Å². The second kappa shape index (κ2) is 5.60. The number of guanidine groups is 1. The van der Waals surface area contributed by atoms with E-state index in [9.17, 15) is 9.50 Å². The molecule has 1 aromatic heterocycles. The first-order chi connectivity index (χ1) is 11.2. The molecule has 1 fully saturated rings. The van der Waals surface area contributed by atoms with Crippen molar-refractivity contribution in [2.24, 2.45) is 4.99 Å². The number of hydrogen-bond donors (Lipinski definition) is 2. The van der Waals surface area contributed by atoms with E-state index in [1.54, 1.807) is 23.4 Å². The molecule has 1 aromatic carbocycles. The van der Waals surface area contributed by atoms with Crippen LogP contribution in [0.2, 0.25) is 0 Å². The Bertz CT molecular complexity index is 749. The number of benzene rings is 1. The molecule has 0 spiro atoms. The minimum Gasteiger partial charge on any atom is -0.377 e. The maximum atomic E-state index is 13.5. The summed E-state index contributed by atoms with van der Waals surface area (Å²) in [5.74, 6) is 0.101. The van der Waals surface area contributed by atoms with E-state index in [0.717, 1.165) is 5.69 Å². The van der Waals surface area contributed by atoms with E-state index in [1.165, 1.54) is 12.1 Å². The van der Waals surface area contributed by atoms with Gasteiger partial charge in [0.1, 0.15) is 5.82 Å². The van der Waals surface area contributed by atoms with Crippen LogP contribution >= 0.6 is 0 Å². The molecule has 2 aromatic rings. The van der Waals surface area contributed by atoms with Crippen molar-refractivity contribution in [1.29, 1.82) is 0 Å². The van der Waals surface area contributed by atoms with Gasteiger partial charge in [0.2, 0.25) is 5.96 Å². The monoisotopic (exact) mass is 314 g/mol. The third kappa shape index (κ3) is 2.54. The van der Waals surface area contributed by atoms with Gasteiger partial charge in [0.25, 0.3) is 0 Å². The van der Waals surface area contributed by atoms with E-state index in [4.69, 9.17) is 4.74 Å². The summed E-state index contributed by atoms with van der Waals surface area (Å²) >= 11 is 0. The van der Waals surface area contributed by atoms with E-state index in [0.29, 0.717) is 30.4 Å². The Morgan fingerprint density at radius 3 is 2.87 bits per heavy atom. The Balaban J connectivity index is 1.74. The number of aliphatic imine (C=N–C) groups is 1. The van der Waals surface area contributed by atoms with Crippen LogP contribution < -0.4 is 5.32 Å². The van der Waals surface area contributed by atoms with Gasteiger partial charge in [-0.15, -0.1) is 0 Å². The molecule has 4 rings (SSSR count). The molecule has 2 aliphatic heterocycles. The molecule has 2 N–H and O–H groups in total. The maximum absolute atomic E-state index is 13.5. The van der Waals surface area contributed by atoms with Crippen LogP contribution in [0, 0.1) is 5.82 Å². The van der Waals surface area contributed by atoms with Crippen molar-refractivity contribution in [1.82, 2.24) is 9.88 Å². The summed E-state index contributed by atoms with van der Waals surface area (Å²) in [4.78, 5) is 10.3. The van der Waals surface area contributed by atoms with Gasteiger partial charge in [0.15, 0.2) is 6.23 Å². The van der Waals surface area contributed by atoms with Crippen LogP contribution in [-0.2, 0) is 4.74 Å². The smallest absolute Gasteiger partial charge is 0.206 e. The van der Waals surface area contributed by atoms with E-state index >= 15 is 0 Å². The molecule has 0 bridgehead atoms. The highest BCUT2D eigenvalue weighted by Gasteiger charge is 2.37. The highest BCUT2D eigenvalue weighted by Crippen LogP contribution is 2.36. The number of nitrogens with one attached hydrogen (secondary N) is 1. The topological polar surface area (TPSA) is 70.0 Å². The number of nitrogens with zero attached hydrogens (tertiary/aromatic N) is 3. The Labute approximate surface area is 132 Å². The summed E-state index contributed by atoms with van der Waals surface area (Å²) in [7, 11) is 0. The lowest BCUT2D eigenvalue weighted by molar-refractivity contribution is -0.0929. The lowest BCUT2D eigenvalue weighted by Crippen LogP contribution is -2.55. The van der Waals surface area contributed by atoms with Crippen LogP contribution in [0.1, 0.15) is 11.8 Å². The van der Waals surface area contributed by atoms with Crippen LogP contribution in [0.25, 0.3) is 0 Å². The second-order valence-electron chi connectivity index (χ2n) is 5.48. The lowest BCUT2D eigenvalue weighted by atomic mass is 10.1. The quantitative estimate of drug-likeness (QED) is 0.887. The van der Waals surface area contributed by atoms with E-state index in [1.807, 2.05) is 12.1 Å². The van der Waals surface area contributed by atoms with Crippen molar-refractivity contribution < 1.29 is 14.2 Å². The van der Waals surface area contributed by atoms with Gasteiger partial charge >= 0.3 is 0 Å². The van der Waals surface area contributed by atoms with Crippen molar-refractivity contribution in [2.75, 3.05) is 18.5 Å². The number of pyridine rings is 1. The zero-order chi connectivity index (χ0) is 15.8. The standard InChI is InChI=1S/C16H15FN4O2/c17-10-3-4-14-13(6-10)15(22)21(12-8-23-9-12)16(20-14)19-11-2-1-5-18-7-11/h1-7,12,15,22H,8-9H2,(H,19,20). The Kier molecular flexibility index (Phi) is 3.44. The van der Waals surface area contributed by atoms with Gasteiger partial charge in [0, 0.05) is 11.8 Å². The molecule has 3 heterocycles. The summed E-state index contributed by atoms with van der Waals surface area (Å²) < 4.78 is 18.7. The van der Waals surface area contributed by atoms with Crippen LogP contribution in [0.4, 0.5) is 15.8 Å². The fraction of sp³-hybridized carbons (Fsp3) is 0.250. The first-order valence-electron chi connectivity index (χ1n) is 7.32. The van der Waals surface area contributed by atoms with E-state index in [2.05, 4.69) is 15.3 Å². The first-order valence-corrected chi connectivity index (χ1v) is 7.32. The largest absolute Gasteiger partial charge is 0.377 e. The first kappa shape index (κ1) is 14.1. The average Bonchev–Trinajstić information content (AvgIpc) is 2.51. The number of halogens is 1. The third-order valence-electron chi connectivity index (χ3n) is 3.93. The van der Waals surface area contributed by atoms with Gasteiger partial charge < -0.3 is 20.1 Å². The molecule has 118 valence electrons. The molecular weight excluding hydrogens is 299 g/mol.